The molecule has 0 aliphatic rings. The number of thiocarbonyl (C=S) groups is 1. The molecular weight excluding hydrogens is 216 g/mol. The number of nitrogens with zero attached hydrogens (tertiary/aromatic N) is 1. The lowest BCUT2D eigenvalue weighted by Crippen LogP contribution is -2.37. The van der Waals surface area contributed by atoms with Crippen molar-refractivity contribution in [1.29, 1.82) is 0 Å². The molecule has 2 nitrogen and oxygen atoms in total. The molecule has 0 amide bonds. The fourth-order valence-electron chi connectivity index (χ4n) is 1.67. The van der Waals surface area contributed by atoms with Gasteiger partial charge in [-0.15, -0.1) is 0 Å². The van der Waals surface area contributed by atoms with E-state index in [0.29, 0.717) is 17.6 Å². The topological polar surface area (TPSA) is 29.3 Å². The lowest BCUT2D eigenvalue weighted by atomic mass is 10.1. The molecule has 16 heavy (non-hydrogen) atoms. The lowest BCUT2D eigenvalue weighted by Gasteiger charge is -2.26. The zero-order valence-corrected chi connectivity index (χ0v) is 11.1. The summed E-state index contributed by atoms with van der Waals surface area (Å²) < 4.78 is 0. The van der Waals surface area contributed by atoms with E-state index in [1.165, 1.54) is 11.1 Å². The van der Waals surface area contributed by atoms with E-state index in [0.717, 1.165) is 6.54 Å². The van der Waals surface area contributed by atoms with E-state index in [4.69, 9.17) is 18.0 Å². The second-order valence-electron chi connectivity index (χ2n) is 4.45. The molecule has 1 aromatic carbocycles. The van der Waals surface area contributed by atoms with Gasteiger partial charge in [-0.2, -0.15) is 0 Å². The first-order valence-corrected chi connectivity index (χ1v) is 5.97. The molecule has 0 spiro atoms. The van der Waals surface area contributed by atoms with Gasteiger partial charge in [-0.25, -0.2) is 0 Å². The average Bonchev–Trinajstić information content (AvgIpc) is 2.15. The van der Waals surface area contributed by atoms with Gasteiger partial charge < -0.3 is 5.73 Å². The number of benzene rings is 1. The molecule has 0 atom stereocenters. The van der Waals surface area contributed by atoms with Gasteiger partial charge >= 0.3 is 0 Å². The van der Waals surface area contributed by atoms with Gasteiger partial charge in [0.25, 0.3) is 0 Å². The van der Waals surface area contributed by atoms with E-state index >= 15 is 0 Å². The van der Waals surface area contributed by atoms with Crippen LogP contribution in [0.2, 0.25) is 0 Å². The van der Waals surface area contributed by atoms with Crippen molar-refractivity contribution in [2.75, 3.05) is 6.54 Å². The zero-order valence-electron chi connectivity index (χ0n) is 10.2. The average molecular weight is 236 g/mol. The van der Waals surface area contributed by atoms with Gasteiger partial charge in [0.15, 0.2) is 0 Å². The fraction of sp³-hybridized carbons (Fsp3) is 0.462. The molecule has 0 saturated heterocycles. The summed E-state index contributed by atoms with van der Waals surface area (Å²) in [4.78, 5) is 2.83. The molecular formula is C13H20N2S. The van der Waals surface area contributed by atoms with Crippen molar-refractivity contribution in [2.24, 2.45) is 5.73 Å². The van der Waals surface area contributed by atoms with Crippen LogP contribution in [0.3, 0.4) is 0 Å². The van der Waals surface area contributed by atoms with E-state index in [1.807, 2.05) is 0 Å². The molecule has 0 aliphatic carbocycles. The predicted molar refractivity (Wildman–Crippen MR) is 73.5 cm³/mol. The molecule has 0 bridgehead atoms. The largest absolute Gasteiger partial charge is 0.392 e. The van der Waals surface area contributed by atoms with Gasteiger partial charge in [-0.3, -0.25) is 4.90 Å². The number of hydrogen-bond donors (Lipinski definition) is 1. The third-order valence-electron chi connectivity index (χ3n) is 2.56. The molecule has 2 N–H and O–H groups in total. The summed E-state index contributed by atoms with van der Waals surface area (Å²) in [6, 6.07) is 8.99. The molecule has 0 saturated carbocycles. The van der Waals surface area contributed by atoms with Crippen LogP contribution in [0.4, 0.5) is 0 Å². The van der Waals surface area contributed by atoms with Crippen LogP contribution in [0.15, 0.2) is 24.3 Å². The van der Waals surface area contributed by atoms with Crippen molar-refractivity contribution in [3.05, 3.63) is 35.4 Å². The van der Waals surface area contributed by atoms with Gasteiger partial charge in [-0.05, 0) is 26.3 Å². The Morgan fingerprint density at radius 2 is 2.12 bits per heavy atom. The summed E-state index contributed by atoms with van der Waals surface area (Å²) in [5.74, 6) is 0. The molecule has 0 aromatic heterocycles. The molecule has 0 fully saturated rings. The first-order chi connectivity index (χ1) is 7.49. The van der Waals surface area contributed by atoms with E-state index in [9.17, 15) is 0 Å². The molecule has 1 aromatic rings. The van der Waals surface area contributed by atoms with Crippen molar-refractivity contribution < 1.29 is 0 Å². The SMILES string of the molecule is Cc1cccc(CN(CC(N)=S)C(C)C)c1. The van der Waals surface area contributed by atoms with Crippen molar-refractivity contribution in [2.45, 2.75) is 33.4 Å². The minimum absolute atomic E-state index is 0.446. The highest BCUT2D eigenvalue weighted by molar-refractivity contribution is 7.80. The molecule has 0 aliphatic heterocycles. The van der Waals surface area contributed by atoms with Crippen LogP contribution in [-0.4, -0.2) is 22.5 Å². The Morgan fingerprint density at radius 3 is 2.62 bits per heavy atom. The van der Waals surface area contributed by atoms with Crippen molar-refractivity contribution in [3.63, 3.8) is 0 Å². The molecule has 88 valence electrons. The Balaban J connectivity index is 2.71. The van der Waals surface area contributed by atoms with Crippen LogP contribution in [-0.2, 0) is 6.54 Å². The smallest absolute Gasteiger partial charge is 0.0870 e. The summed E-state index contributed by atoms with van der Waals surface area (Å²) in [5.41, 5.74) is 8.20. The highest BCUT2D eigenvalue weighted by Gasteiger charge is 2.10. The minimum Gasteiger partial charge on any atom is -0.392 e. The number of rotatable bonds is 5. The highest BCUT2D eigenvalue weighted by atomic mass is 32.1. The maximum atomic E-state index is 5.60. The first-order valence-electron chi connectivity index (χ1n) is 5.57. The Morgan fingerprint density at radius 1 is 1.44 bits per heavy atom. The van der Waals surface area contributed by atoms with Gasteiger partial charge in [0.1, 0.15) is 0 Å². The fourth-order valence-corrected chi connectivity index (χ4v) is 1.83. The van der Waals surface area contributed by atoms with E-state index in [1.54, 1.807) is 0 Å². The van der Waals surface area contributed by atoms with Crippen LogP contribution < -0.4 is 5.73 Å². The van der Waals surface area contributed by atoms with Crippen molar-refractivity contribution in [3.8, 4) is 0 Å². The van der Waals surface area contributed by atoms with Crippen LogP contribution in [0.25, 0.3) is 0 Å². The molecule has 0 heterocycles. The normalized spacial score (nSPS) is 11.1. The van der Waals surface area contributed by atoms with Crippen molar-refractivity contribution >= 4 is 17.2 Å². The van der Waals surface area contributed by atoms with Gasteiger partial charge in [0, 0.05) is 19.1 Å². The maximum Gasteiger partial charge on any atom is 0.0870 e. The zero-order chi connectivity index (χ0) is 12.1. The van der Waals surface area contributed by atoms with Crippen LogP contribution in [0.5, 0.6) is 0 Å². The Hall–Kier alpha value is -0.930. The minimum atomic E-state index is 0.446. The number of aryl methyl sites for hydroxylation is 1. The maximum absolute atomic E-state index is 5.60. The molecule has 0 unspecified atom stereocenters. The highest BCUT2D eigenvalue weighted by Crippen LogP contribution is 2.10. The molecule has 1 rings (SSSR count). The van der Waals surface area contributed by atoms with E-state index < -0.39 is 0 Å². The van der Waals surface area contributed by atoms with Gasteiger partial charge in [0.05, 0.1) is 4.99 Å². The third-order valence-corrected chi connectivity index (χ3v) is 2.69. The summed E-state index contributed by atoms with van der Waals surface area (Å²) in [6.07, 6.45) is 0. The van der Waals surface area contributed by atoms with Crippen LogP contribution >= 0.6 is 12.2 Å². The van der Waals surface area contributed by atoms with Crippen molar-refractivity contribution in [1.82, 2.24) is 4.90 Å². The second-order valence-corrected chi connectivity index (χ2v) is 4.98. The quantitative estimate of drug-likeness (QED) is 0.796. The third kappa shape index (κ3) is 4.29. The summed E-state index contributed by atoms with van der Waals surface area (Å²) in [6.45, 7) is 8.01. The Kier molecular flexibility index (Phi) is 4.90. The van der Waals surface area contributed by atoms with E-state index in [-0.39, 0.29) is 0 Å². The summed E-state index contributed by atoms with van der Waals surface area (Å²) in [5, 5.41) is 0. The number of nitrogens with two attached hydrogens (primary N) is 1. The monoisotopic (exact) mass is 236 g/mol. The molecule has 0 radical (unpaired) electrons. The predicted octanol–water partition coefficient (Wildman–Crippen LogP) is 2.49. The number of hydrogen-bond acceptors (Lipinski definition) is 2. The Bertz CT molecular complexity index is 361. The standard InChI is InChI=1S/C13H20N2S/c1-10(2)15(9-13(14)16)8-12-6-4-5-11(3)7-12/h4-7,10H,8-9H2,1-3H3,(H2,14,16). The second kappa shape index (κ2) is 5.97. The summed E-state index contributed by atoms with van der Waals surface area (Å²) >= 11 is 4.97. The summed E-state index contributed by atoms with van der Waals surface area (Å²) in [7, 11) is 0. The lowest BCUT2D eigenvalue weighted by molar-refractivity contribution is 0.245. The first kappa shape index (κ1) is 13.1. The van der Waals surface area contributed by atoms with Crippen LogP contribution in [0.1, 0.15) is 25.0 Å². The van der Waals surface area contributed by atoms with E-state index in [2.05, 4.69) is 49.9 Å². The Labute approximate surface area is 103 Å². The van der Waals surface area contributed by atoms with Gasteiger partial charge in [0.2, 0.25) is 0 Å². The van der Waals surface area contributed by atoms with Gasteiger partial charge in [-0.1, -0.05) is 42.0 Å². The van der Waals surface area contributed by atoms with Crippen LogP contribution in [0, 0.1) is 6.92 Å². The molecule has 3 heteroatoms.